The molecular weight excluding hydrogens is 186 g/mol. The van der Waals surface area contributed by atoms with Gasteiger partial charge in [-0.05, 0) is 32.2 Å². The van der Waals surface area contributed by atoms with Gasteiger partial charge in [0.25, 0.3) is 0 Å². The van der Waals surface area contributed by atoms with Crippen LogP contribution in [0.2, 0.25) is 0 Å². The number of aryl methyl sites for hydroxylation is 1. The molecule has 0 aliphatic carbocycles. The maximum absolute atomic E-state index is 4.74. The van der Waals surface area contributed by atoms with Gasteiger partial charge in [-0.15, -0.1) is 0 Å². The topological polar surface area (TPSA) is 40.7 Å². The Hall–Kier alpha value is -0.830. The summed E-state index contributed by atoms with van der Waals surface area (Å²) in [5, 5.41) is 3.38. The van der Waals surface area contributed by atoms with E-state index in [4.69, 9.17) is 4.98 Å². The van der Waals surface area contributed by atoms with Crippen molar-refractivity contribution in [2.24, 2.45) is 5.92 Å². The van der Waals surface area contributed by atoms with Crippen LogP contribution in [0.15, 0.2) is 0 Å². The molecule has 0 spiro atoms. The molecular formula is C12H21N3. The van der Waals surface area contributed by atoms with Crippen molar-refractivity contribution >= 4 is 0 Å². The van der Waals surface area contributed by atoms with Crippen LogP contribution in [-0.4, -0.2) is 23.1 Å². The number of H-pyrrole nitrogens is 1. The largest absolute Gasteiger partial charge is 0.346 e. The Kier molecular flexibility index (Phi) is 3.10. The Morgan fingerprint density at radius 2 is 2.27 bits per heavy atom. The third-order valence-electron chi connectivity index (χ3n) is 3.05. The molecule has 1 aromatic rings. The molecule has 0 aromatic carbocycles. The molecule has 2 N–H and O–H groups in total. The highest BCUT2D eigenvalue weighted by molar-refractivity contribution is 5.16. The Labute approximate surface area is 91.7 Å². The monoisotopic (exact) mass is 207 g/mol. The summed E-state index contributed by atoms with van der Waals surface area (Å²) in [5.41, 5.74) is 2.51. The van der Waals surface area contributed by atoms with Crippen LogP contribution in [0, 0.1) is 12.8 Å². The molecule has 1 atom stereocenters. The number of rotatable bonds is 3. The van der Waals surface area contributed by atoms with Crippen LogP contribution in [0.3, 0.4) is 0 Å². The van der Waals surface area contributed by atoms with Gasteiger partial charge in [-0.1, -0.05) is 13.8 Å². The molecule has 1 aromatic heterocycles. The number of hydrogen-bond donors (Lipinski definition) is 2. The van der Waals surface area contributed by atoms with E-state index in [2.05, 4.69) is 31.1 Å². The highest BCUT2D eigenvalue weighted by atomic mass is 15.0. The van der Waals surface area contributed by atoms with Gasteiger partial charge in [0.2, 0.25) is 0 Å². The van der Waals surface area contributed by atoms with Gasteiger partial charge in [-0.3, -0.25) is 0 Å². The van der Waals surface area contributed by atoms with E-state index in [1.165, 1.54) is 23.6 Å². The van der Waals surface area contributed by atoms with Gasteiger partial charge in [0.15, 0.2) is 0 Å². The molecule has 3 heteroatoms. The van der Waals surface area contributed by atoms with Crippen molar-refractivity contribution in [3.8, 4) is 0 Å². The van der Waals surface area contributed by atoms with Gasteiger partial charge in [0, 0.05) is 18.2 Å². The first kappa shape index (κ1) is 10.7. The zero-order valence-electron chi connectivity index (χ0n) is 9.93. The van der Waals surface area contributed by atoms with E-state index in [1.807, 2.05) is 0 Å². The number of imidazole rings is 1. The lowest BCUT2D eigenvalue weighted by atomic mass is 10.1. The summed E-state index contributed by atoms with van der Waals surface area (Å²) < 4.78 is 0. The highest BCUT2D eigenvalue weighted by Gasteiger charge is 2.20. The van der Waals surface area contributed by atoms with Crippen molar-refractivity contribution in [1.29, 1.82) is 0 Å². The molecule has 1 saturated heterocycles. The zero-order valence-corrected chi connectivity index (χ0v) is 9.93. The lowest BCUT2D eigenvalue weighted by Crippen LogP contribution is -2.08. The van der Waals surface area contributed by atoms with Gasteiger partial charge >= 0.3 is 0 Å². The maximum Gasteiger partial charge on any atom is 0.111 e. The summed E-state index contributed by atoms with van der Waals surface area (Å²) in [6.45, 7) is 8.82. The van der Waals surface area contributed by atoms with Crippen LogP contribution in [0.5, 0.6) is 0 Å². The molecule has 3 nitrogen and oxygen atoms in total. The average Bonchev–Trinajstić information content (AvgIpc) is 2.75. The lowest BCUT2D eigenvalue weighted by molar-refractivity contribution is 0.631. The van der Waals surface area contributed by atoms with E-state index in [0.29, 0.717) is 11.8 Å². The van der Waals surface area contributed by atoms with Crippen LogP contribution in [0.1, 0.15) is 43.4 Å². The fraction of sp³-hybridized carbons (Fsp3) is 0.750. The molecule has 1 aliphatic rings. The first-order valence-corrected chi connectivity index (χ1v) is 5.93. The Bertz CT molecular complexity index is 322. The number of nitrogens with zero attached hydrogens (tertiary/aromatic N) is 1. The molecule has 0 amide bonds. The van der Waals surface area contributed by atoms with E-state index in [1.54, 1.807) is 0 Å². The normalized spacial score (nSPS) is 21.5. The minimum Gasteiger partial charge on any atom is -0.346 e. The number of aromatic nitrogens is 2. The first-order chi connectivity index (χ1) is 7.16. The molecule has 2 heterocycles. The van der Waals surface area contributed by atoms with E-state index >= 15 is 0 Å². The van der Waals surface area contributed by atoms with Crippen molar-refractivity contribution in [2.45, 2.75) is 39.5 Å². The van der Waals surface area contributed by atoms with Crippen molar-refractivity contribution in [2.75, 3.05) is 13.1 Å². The molecule has 84 valence electrons. The van der Waals surface area contributed by atoms with E-state index in [9.17, 15) is 0 Å². The summed E-state index contributed by atoms with van der Waals surface area (Å²) in [6, 6.07) is 0. The van der Waals surface area contributed by atoms with Gasteiger partial charge in [-0.25, -0.2) is 4.98 Å². The predicted octanol–water partition coefficient (Wildman–Crippen LogP) is 1.99. The van der Waals surface area contributed by atoms with E-state index in [-0.39, 0.29) is 0 Å². The van der Waals surface area contributed by atoms with Gasteiger partial charge in [0.1, 0.15) is 5.82 Å². The van der Waals surface area contributed by atoms with Gasteiger partial charge in [0.05, 0.1) is 5.69 Å². The summed E-state index contributed by atoms with van der Waals surface area (Å²) >= 11 is 0. The molecule has 1 fully saturated rings. The quantitative estimate of drug-likeness (QED) is 0.796. The van der Waals surface area contributed by atoms with Crippen LogP contribution < -0.4 is 5.32 Å². The fourth-order valence-corrected chi connectivity index (χ4v) is 2.19. The minimum absolute atomic E-state index is 0.601. The van der Waals surface area contributed by atoms with Crippen LogP contribution in [0.25, 0.3) is 0 Å². The first-order valence-electron chi connectivity index (χ1n) is 5.93. The second-order valence-corrected chi connectivity index (χ2v) is 4.98. The van der Waals surface area contributed by atoms with Crippen LogP contribution in [0.4, 0.5) is 0 Å². The summed E-state index contributed by atoms with van der Waals surface area (Å²) in [7, 11) is 0. The number of nitrogens with one attached hydrogen (secondary N) is 2. The standard InChI is InChI=1S/C12H21N3/c1-8(2)6-11-9(3)14-12(15-11)10-4-5-13-7-10/h8,10,13H,4-7H2,1-3H3,(H,14,15). The van der Waals surface area contributed by atoms with Crippen LogP contribution >= 0.6 is 0 Å². The Morgan fingerprint density at radius 1 is 1.47 bits per heavy atom. The van der Waals surface area contributed by atoms with E-state index < -0.39 is 0 Å². The third-order valence-corrected chi connectivity index (χ3v) is 3.05. The smallest absolute Gasteiger partial charge is 0.111 e. The highest BCUT2D eigenvalue weighted by Crippen LogP contribution is 2.21. The number of aromatic amines is 1. The molecule has 15 heavy (non-hydrogen) atoms. The van der Waals surface area contributed by atoms with Crippen molar-refractivity contribution in [3.05, 3.63) is 17.2 Å². The Morgan fingerprint density at radius 3 is 2.87 bits per heavy atom. The summed E-state index contributed by atoms with van der Waals surface area (Å²) in [5.74, 6) is 2.47. The maximum atomic E-state index is 4.74. The lowest BCUT2D eigenvalue weighted by Gasteiger charge is -2.03. The molecule has 0 radical (unpaired) electrons. The summed E-state index contributed by atoms with van der Waals surface area (Å²) in [4.78, 5) is 8.18. The van der Waals surface area contributed by atoms with Crippen LogP contribution in [-0.2, 0) is 6.42 Å². The second-order valence-electron chi connectivity index (χ2n) is 4.98. The molecule has 0 saturated carbocycles. The predicted molar refractivity (Wildman–Crippen MR) is 62.1 cm³/mol. The minimum atomic E-state index is 0.601. The van der Waals surface area contributed by atoms with Gasteiger partial charge in [-0.2, -0.15) is 0 Å². The number of hydrogen-bond acceptors (Lipinski definition) is 2. The zero-order chi connectivity index (χ0) is 10.8. The third kappa shape index (κ3) is 2.40. The van der Waals surface area contributed by atoms with Crippen molar-refractivity contribution < 1.29 is 0 Å². The van der Waals surface area contributed by atoms with Crippen molar-refractivity contribution in [3.63, 3.8) is 0 Å². The molecule has 0 bridgehead atoms. The van der Waals surface area contributed by atoms with Gasteiger partial charge < -0.3 is 10.3 Å². The molecule has 1 aliphatic heterocycles. The average molecular weight is 207 g/mol. The summed E-state index contributed by atoms with van der Waals surface area (Å²) in [6.07, 6.45) is 2.30. The molecule has 1 unspecified atom stereocenters. The SMILES string of the molecule is Cc1[nH]c(C2CCNC2)nc1CC(C)C. The Balaban J connectivity index is 2.12. The second kappa shape index (κ2) is 4.35. The van der Waals surface area contributed by atoms with E-state index in [0.717, 1.165) is 19.5 Å². The molecule has 2 rings (SSSR count). The fourth-order valence-electron chi connectivity index (χ4n) is 2.19. The van der Waals surface area contributed by atoms with Crippen molar-refractivity contribution in [1.82, 2.24) is 15.3 Å².